The summed E-state index contributed by atoms with van der Waals surface area (Å²) < 4.78 is 2.29. The molecule has 0 saturated heterocycles. The summed E-state index contributed by atoms with van der Waals surface area (Å²) in [5.41, 5.74) is 5.26. The van der Waals surface area contributed by atoms with E-state index in [4.69, 9.17) is 0 Å². The molecule has 1 aromatic carbocycles. The van der Waals surface area contributed by atoms with Crippen molar-refractivity contribution in [3.05, 3.63) is 53.1 Å². The Balaban J connectivity index is 1.87. The molecule has 94 valence electrons. The van der Waals surface area contributed by atoms with Gasteiger partial charge in [-0.25, -0.2) is 4.98 Å². The van der Waals surface area contributed by atoms with Gasteiger partial charge in [0.25, 0.3) is 0 Å². The largest absolute Gasteiger partial charge is 0.330 e. The lowest BCUT2D eigenvalue weighted by atomic mass is 10.1. The smallest absolute Gasteiger partial charge is 0.0955 e. The van der Waals surface area contributed by atoms with E-state index in [1.165, 1.54) is 22.5 Å². The first-order valence-corrected chi connectivity index (χ1v) is 6.57. The van der Waals surface area contributed by atoms with Gasteiger partial charge in [0.05, 0.1) is 12.0 Å². The minimum absolute atomic E-state index is 0.382. The Morgan fingerprint density at radius 3 is 2.89 bits per heavy atom. The maximum Gasteiger partial charge on any atom is 0.0955 e. The SMILES string of the molecule is Cc1ccc(Cn2cnc3c2CCNC3C)cc1. The molecule has 3 nitrogen and oxygen atoms in total. The van der Waals surface area contributed by atoms with Crippen LogP contribution in [0.5, 0.6) is 0 Å². The number of benzene rings is 1. The van der Waals surface area contributed by atoms with Crippen molar-refractivity contribution in [3.8, 4) is 0 Å². The van der Waals surface area contributed by atoms with E-state index in [0.29, 0.717) is 6.04 Å². The highest BCUT2D eigenvalue weighted by Gasteiger charge is 2.20. The van der Waals surface area contributed by atoms with Gasteiger partial charge < -0.3 is 9.88 Å². The highest BCUT2D eigenvalue weighted by molar-refractivity contribution is 5.25. The summed E-state index contributed by atoms with van der Waals surface area (Å²) in [6.07, 6.45) is 3.06. The van der Waals surface area contributed by atoms with Gasteiger partial charge in [0.1, 0.15) is 0 Å². The highest BCUT2D eigenvalue weighted by Crippen LogP contribution is 2.21. The van der Waals surface area contributed by atoms with Crippen molar-refractivity contribution in [1.82, 2.24) is 14.9 Å². The van der Waals surface area contributed by atoms with Gasteiger partial charge in [0, 0.05) is 31.2 Å². The molecule has 0 amide bonds. The van der Waals surface area contributed by atoms with E-state index >= 15 is 0 Å². The minimum atomic E-state index is 0.382. The van der Waals surface area contributed by atoms with Crippen LogP contribution in [0, 0.1) is 6.92 Å². The third-order valence-corrected chi connectivity index (χ3v) is 3.67. The second-order valence-corrected chi connectivity index (χ2v) is 5.12. The molecule has 1 aromatic heterocycles. The van der Waals surface area contributed by atoms with Crippen molar-refractivity contribution in [3.63, 3.8) is 0 Å². The van der Waals surface area contributed by atoms with Crippen LogP contribution in [0.1, 0.15) is 35.5 Å². The molecule has 0 aliphatic carbocycles. The van der Waals surface area contributed by atoms with Gasteiger partial charge in [0.2, 0.25) is 0 Å². The zero-order valence-corrected chi connectivity index (χ0v) is 11.0. The molecule has 3 rings (SSSR count). The molecular weight excluding hydrogens is 222 g/mol. The first kappa shape index (κ1) is 11.5. The maximum absolute atomic E-state index is 4.55. The first-order chi connectivity index (χ1) is 8.74. The fourth-order valence-corrected chi connectivity index (χ4v) is 2.59. The predicted octanol–water partition coefficient (Wildman–Crippen LogP) is 2.45. The van der Waals surface area contributed by atoms with E-state index < -0.39 is 0 Å². The van der Waals surface area contributed by atoms with E-state index in [-0.39, 0.29) is 0 Å². The Hall–Kier alpha value is -1.61. The molecule has 2 heterocycles. The van der Waals surface area contributed by atoms with Gasteiger partial charge >= 0.3 is 0 Å². The molecule has 1 aliphatic rings. The lowest BCUT2D eigenvalue weighted by molar-refractivity contribution is 0.516. The number of aromatic nitrogens is 2. The van der Waals surface area contributed by atoms with Crippen molar-refractivity contribution in [2.24, 2.45) is 0 Å². The molecule has 18 heavy (non-hydrogen) atoms. The van der Waals surface area contributed by atoms with Crippen molar-refractivity contribution < 1.29 is 0 Å². The second kappa shape index (κ2) is 4.58. The van der Waals surface area contributed by atoms with Crippen LogP contribution in [-0.4, -0.2) is 16.1 Å². The molecule has 1 unspecified atom stereocenters. The quantitative estimate of drug-likeness (QED) is 0.875. The fourth-order valence-electron chi connectivity index (χ4n) is 2.59. The molecule has 1 N–H and O–H groups in total. The molecule has 1 atom stereocenters. The van der Waals surface area contributed by atoms with Gasteiger partial charge in [-0.2, -0.15) is 0 Å². The number of imidazole rings is 1. The summed E-state index contributed by atoms with van der Waals surface area (Å²) in [7, 11) is 0. The van der Waals surface area contributed by atoms with Crippen LogP contribution >= 0.6 is 0 Å². The number of rotatable bonds is 2. The topological polar surface area (TPSA) is 29.9 Å². The average molecular weight is 241 g/mol. The van der Waals surface area contributed by atoms with E-state index in [1.807, 2.05) is 6.33 Å². The normalized spacial score (nSPS) is 18.7. The Morgan fingerprint density at radius 1 is 1.33 bits per heavy atom. The lowest BCUT2D eigenvalue weighted by Gasteiger charge is -2.21. The number of aryl methyl sites for hydroxylation is 1. The average Bonchev–Trinajstić information content (AvgIpc) is 2.77. The van der Waals surface area contributed by atoms with Gasteiger partial charge in [-0.15, -0.1) is 0 Å². The Morgan fingerprint density at radius 2 is 2.11 bits per heavy atom. The standard InChI is InChI=1S/C15H19N3/c1-11-3-5-13(6-4-11)9-18-10-17-15-12(2)16-8-7-14(15)18/h3-6,10,12,16H,7-9H2,1-2H3. The van der Waals surface area contributed by atoms with E-state index in [2.05, 4.69) is 53.0 Å². The zero-order valence-electron chi connectivity index (χ0n) is 11.0. The number of hydrogen-bond donors (Lipinski definition) is 1. The fraction of sp³-hybridized carbons (Fsp3) is 0.400. The Labute approximate surface area is 108 Å². The highest BCUT2D eigenvalue weighted by atomic mass is 15.1. The summed E-state index contributed by atoms with van der Waals surface area (Å²) in [4.78, 5) is 4.55. The molecule has 0 bridgehead atoms. The molecular formula is C15H19N3. The summed E-state index contributed by atoms with van der Waals surface area (Å²) in [6.45, 7) is 6.28. The van der Waals surface area contributed by atoms with Crippen molar-refractivity contribution in [2.75, 3.05) is 6.54 Å². The molecule has 2 aromatic rings. The van der Waals surface area contributed by atoms with Crippen LogP contribution < -0.4 is 5.32 Å². The monoisotopic (exact) mass is 241 g/mol. The molecule has 0 radical (unpaired) electrons. The first-order valence-electron chi connectivity index (χ1n) is 6.57. The summed E-state index contributed by atoms with van der Waals surface area (Å²) in [5.74, 6) is 0. The number of nitrogens with one attached hydrogen (secondary N) is 1. The van der Waals surface area contributed by atoms with E-state index in [0.717, 1.165) is 19.5 Å². The molecule has 0 spiro atoms. The third-order valence-electron chi connectivity index (χ3n) is 3.67. The zero-order chi connectivity index (χ0) is 12.5. The molecule has 1 aliphatic heterocycles. The van der Waals surface area contributed by atoms with Crippen LogP contribution in [0.25, 0.3) is 0 Å². The van der Waals surface area contributed by atoms with Crippen molar-refractivity contribution in [1.29, 1.82) is 0 Å². The Bertz CT molecular complexity index is 539. The summed E-state index contributed by atoms with van der Waals surface area (Å²) in [6, 6.07) is 9.12. The molecule has 3 heteroatoms. The number of hydrogen-bond acceptors (Lipinski definition) is 2. The van der Waals surface area contributed by atoms with Crippen LogP contribution in [-0.2, 0) is 13.0 Å². The molecule has 0 saturated carbocycles. The van der Waals surface area contributed by atoms with E-state index in [1.54, 1.807) is 0 Å². The third kappa shape index (κ3) is 2.06. The molecule has 0 fully saturated rings. The van der Waals surface area contributed by atoms with Crippen LogP contribution in [0.15, 0.2) is 30.6 Å². The maximum atomic E-state index is 4.55. The number of nitrogens with zero attached hydrogens (tertiary/aromatic N) is 2. The second-order valence-electron chi connectivity index (χ2n) is 5.12. The van der Waals surface area contributed by atoms with Gasteiger partial charge in [0.15, 0.2) is 0 Å². The van der Waals surface area contributed by atoms with Crippen LogP contribution in [0.2, 0.25) is 0 Å². The van der Waals surface area contributed by atoms with Crippen LogP contribution in [0.4, 0.5) is 0 Å². The van der Waals surface area contributed by atoms with Gasteiger partial charge in [-0.3, -0.25) is 0 Å². The van der Waals surface area contributed by atoms with Crippen molar-refractivity contribution >= 4 is 0 Å². The minimum Gasteiger partial charge on any atom is -0.330 e. The predicted molar refractivity (Wildman–Crippen MR) is 72.6 cm³/mol. The van der Waals surface area contributed by atoms with Gasteiger partial charge in [-0.1, -0.05) is 29.8 Å². The summed E-state index contributed by atoms with van der Waals surface area (Å²) >= 11 is 0. The Kier molecular flexibility index (Phi) is 2.92. The van der Waals surface area contributed by atoms with Crippen LogP contribution in [0.3, 0.4) is 0 Å². The lowest BCUT2D eigenvalue weighted by Crippen LogP contribution is -2.29. The number of fused-ring (bicyclic) bond motifs is 1. The van der Waals surface area contributed by atoms with E-state index in [9.17, 15) is 0 Å². The van der Waals surface area contributed by atoms with Gasteiger partial charge in [-0.05, 0) is 19.4 Å². The summed E-state index contributed by atoms with van der Waals surface area (Å²) in [5, 5.41) is 3.45. The van der Waals surface area contributed by atoms with Crippen molar-refractivity contribution in [2.45, 2.75) is 32.9 Å².